The van der Waals surface area contributed by atoms with Crippen molar-refractivity contribution >= 4 is 41.6 Å². The number of carbonyl (C=O) groups is 1. The highest BCUT2D eigenvalue weighted by Gasteiger charge is 2.29. The molecule has 2 rings (SSSR count). The largest absolute Gasteiger partial charge is 0.443 e. The summed E-state index contributed by atoms with van der Waals surface area (Å²) >= 11 is 2.93. The summed E-state index contributed by atoms with van der Waals surface area (Å²) in [6.45, 7) is 1.07. The summed E-state index contributed by atoms with van der Waals surface area (Å²) in [6.07, 6.45) is 0.741. The summed E-state index contributed by atoms with van der Waals surface area (Å²) < 4.78 is 32.7. The van der Waals surface area contributed by atoms with Crippen molar-refractivity contribution in [1.82, 2.24) is 4.90 Å². The van der Waals surface area contributed by atoms with Gasteiger partial charge in [0.05, 0.1) is 12.6 Å². The molecule has 0 saturated carbocycles. The predicted molar refractivity (Wildman–Crippen MR) is 70.8 cm³/mol. The SMILES string of the molecule is CN(C(=O)c1cc(S(=O)(=O)Cl)c(Br)o1)C1CCOC1. The third-order valence-electron chi connectivity index (χ3n) is 2.90. The van der Waals surface area contributed by atoms with Crippen LogP contribution in [0.25, 0.3) is 0 Å². The van der Waals surface area contributed by atoms with Gasteiger partial charge in [0.15, 0.2) is 10.4 Å². The Balaban J connectivity index is 2.25. The van der Waals surface area contributed by atoms with E-state index < -0.39 is 15.0 Å². The van der Waals surface area contributed by atoms with Crippen LogP contribution in [0.3, 0.4) is 0 Å². The third-order valence-corrected chi connectivity index (χ3v) is 5.08. The molecular formula is C10H11BrClNO5S. The minimum Gasteiger partial charge on any atom is -0.443 e. The Kier molecular flexibility index (Phi) is 4.24. The molecule has 1 aromatic rings. The van der Waals surface area contributed by atoms with Crippen molar-refractivity contribution in [1.29, 1.82) is 0 Å². The van der Waals surface area contributed by atoms with Gasteiger partial charge in [0, 0.05) is 30.4 Å². The van der Waals surface area contributed by atoms with Gasteiger partial charge in [0.2, 0.25) is 0 Å². The first kappa shape index (κ1) is 14.8. The van der Waals surface area contributed by atoms with Gasteiger partial charge in [-0.3, -0.25) is 4.79 Å². The lowest BCUT2D eigenvalue weighted by molar-refractivity contribution is 0.0678. The minimum absolute atomic E-state index is 0.0348. The van der Waals surface area contributed by atoms with Crippen molar-refractivity contribution in [2.75, 3.05) is 20.3 Å². The van der Waals surface area contributed by atoms with Crippen molar-refractivity contribution in [3.8, 4) is 0 Å². The molecule has 0 aliphatic carbocycles. The van der Waals surface area contributed by atoms with E-state index in [-0.39, 0.29) is 21.4 Å². The van der Waals surface area contributed by atoms with Gasteiger partial charge in [-0.05, 0) is 22.4 Å². The Morgan fingerprint density at radius 2 is 2.26 bits per heavy atom. The fraction of sp³-hybridized carbons (Fsp3) is 0.500. The molecule has 6 nitrogen and oxygen atoms in total. The molecule has 0 N–H and O–H groups in total. The number of hydrogen-bond acceptors (Lipinski definition) is 5. The first-order valence-corrected chi connectivity index (χ1v) is 8.50. The zero-order valence-electron chi connectivity index (χ0n) is 9.93. The molecule has 106 valence electrons. The summed E-state index contributed by atoms with van der Waals surface area (Å²) in [6, 6.07) is 1.08. The van der Waals surface area contributed by atoms with E-state index in [1.165, 1.54) is 4.90 Å². The summed E-state index contributed by atoms with van der Waals surface area (Å²) in [5.41, 5.74) is 0. The zero-order chi connectivity index (χ0) is 14.2. The summed E-state index contributed by atoms with van der Waals surface area (Å²) in [5, 5.41) is 0. The first-order chi connectivity index (χ1) is 8.80. The molecule has 1 aromatic heterocycles. The van der Waals surface area contributed by atoms with Gasteiger partial charge >= 0.3 is 0 Å². The summed E-state index contributed by atoms with van der Waals surface area (Å²) in [4.78, 5) is 13.4. The summed E-state index contributed by atoms with van der Waals surface area (Å²) in [5.74, 6) is -0.497. The second kappa shape index (κ2) is 5.43. The van der Waals surface area contributed by atoms with Gasteiger partial charge in [-0.1, -0.05) is 0 Å². The highest BCUT2D eigenvalue weighted by Crippen LogP contribution is 2.29. The van der Waals surface area contributed by atoms with Crippen LogP contribution in [0.15, 0.2) is 20.0 Å². The number of amides is 1. The molecule has 1 fully saturated rings. The first-order valence-electron chi connectivity index (χ1n) is 5.39. The topological polar surface area (TPSA) is 76.8 Å². The van der Waals surface area contributed by atoms with Crippen LogP contribution < -0.4 is 0 Å². The Hall–Kier alpha value is -0.570. The van der Waals surface area contributed by atoms with Gasteiger partial charge < -0.3 is 14.1 Å². The number of hydrogen-bond donors (Lipinski definition) is 0. The number of halogens is 2. The van der Waals surface area contributed by atoms with Gasteiger partial charge in [-0.15, -0.1) is 0 Å². The number of furan rings is 1. The predicted octanol–water partition coefficient (Wildman–Crippen LogP) is 1.83. The van der Waals surface area contributed by atoms with Gasteiger partial charge in [-0.2, -0.15) is 0 Å². The second-order valence-corrected chi connectivity index (χ2v) is 7.37. The second-order valence-electron chi connectivity index (χ2n) is 4.12. The standard InChI is InChI=1S/C10H11BrClNO5S/c1-13(6-2-3-17-5-6)10(14)7-4-8(9(11)18-7)19(12,15)16/h4,6H,2-3,5H2,1H3. The van der Waals surface area contributed by atoms with Crippen LogP contribution in [-0.4, -0.2) is 45.5 Å². The Bertz CT molecular complexity index is 593. The van der Waals surface area contributed by atoms with E-state index in [1.54, 1.807) is 7.05 Å². The van der Waals surface area contributed by atoms with Crippen LogP contribution >= 0.6 is 26.6 Å². The lowest BCUT2D eigenvalue weighted by Gasteiger charge is -2.21. The molecule has 9 heteroatoms. The molecule has 0 aromatic carbocycles. The molecular weight excluding hydrogens is 362 g/mol. The number of ether oxygens (including phenoxy) is 1. The van der Waals surface area contributed by atoms with Crippen LogP contribution in [0.5, 0.6) is 0 Å². The zero-order valence-corrected chi connectivity index (χ0v) is 13.1. The molecule has 0 radical (unpaired) electrons. The van der Waals surface area contributed by atoms with Crippen LogP contribution in [0.2, 0.25) is 0 Å². The normalized spacial score (nSPS) is 19.6. The highest BCUT2D eigenvalue weighted by molar-refractivity contribution is 9.10. The number of carbonyl (C=O) groups excluding carboxylic acids is 1. The molecule has 1 saturated heterocycles. The smallest absolute Gasteiger partial charge is 0.289 e. The van der Waals surface area contributed by atoms with Crippen molar-refractivity contribution < 1.29 is 22.4 Å². The van der Waals surface area contributed by atoms with E-state index in [4.69, 9.17) is 19.8 Å². The van der Waals surface area contributed by atoms with E-state index in [9.17, 15) is 13.2 Å². The maximum Gasteiger partial charge on any atom is 0.289 e. The van der Waals surface area contributed by atoms with Gasteiger partial charge in [0.1, 0.15) is 4.90 Å². The number of nitrogens with zero attached hydrogens (tertiary/aromatic N) is 1. The fourth-order valence-electron chi connectivity index (χ4n) is 1.79. The molecule has 2 heterocycles. The highest BCUT2D eigenvalue weighted by atomic mass is 79.9. The van der Waals surface area contributed by atoms with Gasteiger partial charge in [0.25, 0.3) is 15.0 Å². The molecule has 1 unspecified atom stereocenters. The lowest BCUT2D eigenvalue weighted by Crippen LogP contribution is -2.37. The third kappa shape index (κ3) is 3.13. The average Bonchev–Trinajstić information content (AvgIpc) is 2.94. The average molecular weight is 373 g/mol. The Morgan fingerprint density at radius 3 is 2.74 bits per heavy atom. The van der Waals surface area contributed by atoms with Crippen LogP contribution in [0.1, 0.15) is 17.0 Å². The number of rotatable bonds is 3. The van der Waals surface area contributed by atoms with Crippen molar-refractivity contribution in [2.24, 2.45) is 0 Å². The van der Waals surface area contributed by atoms with E-state index in [1.807, 2.05) is 0 Å². The maximum atomic E-state index is 12.1. The van der Waals surface area contributed by atoms with Gasteiger partial charge in [-0.25, -0.2) is 8.42 Å². The molecule has 19 heavy (non-hydrogen) atoms. The fourth-order valence-corrected chi connectivity index (χ4v) is 3.82. The number of likely N-dealkylation sites (N-methyl/N-ethyl adjacent to an activating group) is 1. The quantitative estimate of drug-likeness (QED) is 0.757. The maximum absolute atomic E-state index is 12.1. The molecule has 1 aliphatic heterocycles. The van der Waals surface area contributed by atoms with Crippen LogP contribution in [-0.2, 0) is 13.8 Å². The summed E-state index contributed by atoms with van der Waals surface area (Å²) in [7, 11) is 2.89. The Morgan fingerprint density at radius 1 is 1.58 bits per heavy atom. The molecule has 1 amide bonds. The van der Waals surface area contributed by atoms with Crippen LogP contribution in [0.4, 0.5) is 0 Å². The monoisotopic (exact) mass is 371 g/mol. The molecule has 1 atom stereocenters. The van der Waals surface area contributed by atoms with E-state index in [2.05, 4.69) is 15.9 Å². The van der Waals surface area contributed by atoms with E-state index in [0.717, 1.165) is 12.5 Å². The van der Waals surface area contributed by atoms with E-state index >= 15 is 0 Å². The molecule has 1 aliphatic rings. The van der Waals surface area contributed by atoms with Crippen molar-refractivity contribution in [3.63, 3.8) is 0 Å². The lowest BCUT2D eigenvalue weighted by atomic mass is 10.2. The molecule has 0 bridgehead atoms. The minimum atomic E-state index is -3.95. The van der Waals surface area contributed by atoms with Crippen molar-refractivity contribution in [3.05, 3.63) is 16.5 Å². The van der Waals surface area contributed by atoms with Crippen LogP contribution in [0, 0.1) is 0 Å². The Labute approximate surface area is 123 Å². The van der Waals surface area contributed by atoms with Crippen molar-refractivity contribution in [2.45, 2.75) is 17.4 Å². The van der Waals surface area contributed by atoms with E-state index in [0.29, 0.717) is 13.2 Å². The molecule has 0 spiro atoms.